The van der Waals surface area contributed by atoms with Crippen LogP contribution in [0.25, 0.3) is 17.0 Å². The lowest BCUT2D eigenvalue weighted by Gasteiger charge is -2.06. The summed E-state index contributed by atoms with van der Waals surface area (Å²) in [6, 6.07) is 9.32. The molecule has 0 fully saturated rings. The highest BCUT2D eigenvalue weighted by Crippen LogP contribution is 2.26. The first-order chi connectivity index (χ1) is 13.0. The number of methoxy groups -OCH3 is 1. The van der Waals surface area contributed by atoms with Gasteiger partial charge in [0.25, 0.3) is 5.78 Å². The van der Waals surface area contributed by atoms with Crippen LogP contribution in [-0.2, 0) is 6.42 Å². The van der Waals surface area contributed by atoms with Gasteiger partial charge in [0.05, 0.1) is 12.8 Å². The van der Waals surface area contributed by atoms with E-state index in [1.165, 1.54) is 36.0 Å². The predicted molar refractivity (Wildman–Crippen MR) is 91.9 cm³/mol. The minimum Gasteiger partial charge on any atom is -0.497 e. The normalized spacial score (nSPS) is 11.1. The second-order valence-electron chi connectivity index (χ2n) is 5.87. The highest BCUT2D eigenvalue weighted by molar-refractivity contribution is 5.63. The van der Waals surface area contributed by atoms with E-state index < -0.39 is 17.5 Å². The summed E-state index contributed by atoms with van der Waals surface area (Å²) in [5.41, 5.74) is 1.14. The first-order valence-corrected chi connectivity index (χ1v) is 8.03. The number of aromatic nitrogens is 4. The third-order valence-corrected chi connectivity index (χ3v) is 4.02. The summed E-state index contributed by atoms with van der Waals surface area (Å²) in [7, 11) is 1.46. The van der Waals surface area contributed by atoms with Crippen molar-refractivity contribution in [3.05, 3.63) is 77.5 Å². The standard InChI is InChI=1S/C19H13F3N4O/c1-27-14-2-3-15(16(22)10-14)17-4-5-23-19-24-18(25-26(17)19)8-11-6-12(20)9-13(21)7-11/h2-7,9-10H,8H2,1H3. The van der Waals surface area contributed by atoms with Crippen LogP contribution < -0.4 is 4.74 Å². The first-order valence-electron chi connectivity index (χ1n) is 8.03. The van der Waals surface area contributed by atoms with Crippen molar-refractivity contribution in [3.8, 4) is 17.0 Å². The van der Waals surface area contributed by atoms with Crippen LogP contribution in [0.1, 0.15) is 11.4 Å². The third-order valence-electron chi connectivity index (χ3n) is 4.02. The molecule has 0 radical (unpaired) electrons. The zero-order chi connectivity index (χ0) is 19.0. The molecular formula is C19H13F3N4O. The van der Waals surface area contributed by atoms with E-state index >= 15 is 0 Å². The lowest BCUT2D eigenvalue weighted by molar-refractivity contribution is 0.411. The molecular weight excluding hydrogens is 357 g/mol. The van der Waals surface area contributed by atoms with Gasteiger partial charge in [0.1, 0.15) is 23.2 Å². The summed E-state index contributed by atoms with van der Waals surface area (Å²) in [6.07, 6.45) is 1.61. The zero-order valence-corrected chi connectivity index (χ0v) is 14.2. The van der Waals surface area contributed by atoms with Gasteiger partial charge < -0.3 is 4.74 Å². The molecule has 0 atom stereocenters. The van der Waals surface area contributed by atoms with E-state index in [9.17, 15) is 13.2 Å². The van der Waals surface area contributed by atoms with Crippen LogP contribution in [-0.4, -0.2) is 26.7 Å². The van der Waals surface area contributed by atoms with E-state index in [-0.39, 0.29) is 12.2 Å². The molecule has 2 heterocycles. The van der Waals surface area contributed by atoms with Gasteiger partial charge in [-0.3, -0.25) is 0 Å². The maximum Gasteiger partial charge on any atom is 0.252 e. The average Bonchev–Trinajstić information content (AvgIpc) is 3.03. The smallest absolute Gasteiger partial charge is 0.252 e. The number of hydrogen-bond acceptors (Lipinski definition) is 4. The average molecular weight is 370 g/mol. The van der Waals surface area contributed by atoms with Crippen molar-refractivity contribution in [2.24, 2.45) is 0 Å². The van der Waals surface area contributed by atoms with Crippen molar-refractivity contribution in [1.82, 2.24) is 19.6 Å². The molecule has 4 rings (SSSR count). The molecule has 0 aliphatic carbocycles. The fourth-order valence-electron chi connectivity index (χ4n) is 2.84. The number of ether oxygens (including phenoxy) is 1. The van der Waals surface area contributed by atoms with Gasteiger partial charge in [-0.15, -0.1) is 5.10 Å². The van der Waals surface area contributed by atoms with E-state index in [0.29, 0.717) is 28.4 Å². The largest absolute Gasteiger partial charge is 0.497 e. The number of hydrogen-bond donors (Lipinski definition) is 0. The minimum absolute atomic E-state index is 0.114. The van der Waals surface area contributed by atoms with Gasteiger partial charge in [-0.2, -0.15) is 9.50 Å². The Morgan fingerprint density at radius 2 is 1.78 bits per heavy atom. The number of halogens is 3. The monoisotopic (exact) mass is 370 g/mol. The summed E-state index contributed by atoms with van der Waals surface area (Å²) in [5.74, 6) is -0.857. The molecule has 0 spiro atoms. The van der Waals surface area contributed by atoms with Gasteiger partial charge in [-0.05, 0) is 35.9 Å². The lowest BCUT2D eigenvalue weighted by atomic mass is 10.1. The van der Waals surface area contributed by atoms with E-state index in [2.05, 4.69) is 15.1 Å². The molecule has 8 heteroatoms. The van der Waals surface area contributed by atoms with Crippen LogP contribution in [0, 0.1) is 17.5 Å². The van der Waals surface area contributed by atoms with E-state index in [4.69, 9.17) is 4.74 Å². The highest BCUT2D eigenvalue weighted by Gasteiger charge is 2.14. The fraction of sp³-hybridized carbons (Fsp3) is 0.105. The van der Waals surface area contributed by atoms with Gasteiger partial charge >= 0.3 is 0 Å². The second kappa shape index (κ2) is 6.71. The van der Waals surface area contributed by atoms with Crippen molar-refractivity contribution in [1.29, 1.82) is 0 Å². The maximum absolute atomic E-state index is 14.4. The van der Waals surface area contributed by atoms with Gasteiger partial charge in [-0.25, -0.2) is 18.2 Å². The molecule has 0 aliphatic rings. The van der Waals surface area contributed by atoms with Gasteiger partial charge in [0.15, 0.2) is 5.82 Å². The Hall–Kier alpha value is -3.42. The number of nitrogens with zero attached hydrogens (tertiary/aromatic N) is 4. The molecule has 0 bridgehead atoms. The summed E-state index contributed by atoms with van der Waals surface area (Å²) < 4.78 is 47.6. The lowest BCUT2D eigenvalue weighted by Crippen LogP contribution is -1.99. The van der Waals surface area contributed by atoms with E-state index in [1.54, 1.807) is 18.2 Å². The molecule has 2 aromatic carbocycles. The summed E-state index contributed by atoms with van der Waals surface area (Å²) >= 11 is 0. The summed E-state index contributed by atoms with van der Waals surface area (Å²) in [4.78, 5) is 8.39. The Labute approximate surface area is 152 Å². The molecule has 27 heavy (non-hydrogen) atoms. The van der Waals surface area contributed by atoms with Crippen molar-refractivity contribution >= 4 is 5.78 Å². The van der Waals surface area contributed by atoms with Crippen LogP contribution in [0.15, 0.2) is 48.7 Å². The number of benzene rings is 2. The Morgan fingerprint density at radius 3 is 2.48 bits per heavy atom. The first kappa shape index (κ1) is 17.0. The summed E-state index contributed by atoms with van der Waals surface area (Å²) in [6.45, 7) is 0. The number of fused-ring (bicyclic) bond motifs is 1. The molecule has 2 aromatic heterocycles. The molecule has 5 nitrogen and oxygen atoms in total. The topological polar surface area (TPSA) is 52.3 Å². The SMILES string of the molecule is COc1ccc(-c2ccnc3nc(Cc4cc(F)cc(F)c4)nn23)c(F)c1. The third kappa shape index (κ3) is 3.33. The Balaban J connectivity index is 1.76. The summed E-state index contributed by atoms with van der Waals surface area (Å²) in [5, 5.41) is 4.33. The molecule has 0 aliphatic heterocycles. The molecule has 0 amide bonds. The van der Waals surface area contributed by atoms with Crippen LogP contribution >= 0.6 is 0 Å². The van der Waals surface area contributed by atoms with Crippen LogP contribution in [0.3, 0.4) is 0 Å². The van der Waals surface area contributed by atoms with Gasteiger partial charge in [0.2, 0.25) is 0 Å². The molecule has 4 aromatic rings. The van der Waals surface area contributed by atoms with Crippen molar-refractivity contribution in [2.45, 2.75) is 6.42 Å². The van der Waals surface area contributed by atoms with Gasteiger partial charge in [-0.1, -0.05) is 0 Å². The highest BCUT2D eigenvalue weighted by atomic mass is 19.1. The fourth-order valence-corrected chi connectivity index (χ4v) is 2.84. The molecule has 0 saturated carbocycles. The Morgan fingerprint density at radius 1 is 1.00 bits per heavy atom. The van der Waals surface area contributed by atoms with Crippen molar-refractivity contribution in [2.75, 3.05) is 7.11 Å². The van der Waals surface area contributed by atoms with E-state index in [1.807, 2.05) is 0 Å². The van der Waals surface area contributed by atoms with Crippen LogP contribution in [0.4, 0.5) is 13.2 Å². The predicted octanol–water partition coefficient (Wildman–Crippen LogP) is 3.81. The maximum atomic E-state index is 14.4. The second-order valence-corrected chi connectivity index (χ2v) is 5.87. The van der Waals surface area contributed by atoms with Gasteiger partial charge in [0, 0.05) is 30.3 Å². The van der Waals surface area contributed by atoms with Crippen molar-refractivity contribution < 1.29 is 17.9 Å². The van der Waals surface area contributed by atoms with E-state index in [0.717, 1.165) is 6.07 Å². The molecule has 0 unspecified atom stereocenters. The molecule has 136 valence electrons. The molecule has 0 N–H and O–H groups in total. The van der Waals surface area contributed by atoms with Crippen molar-refractivity contribution in [3.63, 3.8) is 0 Å². The minimum atomic E-state index is -0.673. The molecule has 0 saturated heterocycles. The Bertz CT molecular complexity index is 1120. The van der Waals surface area contributed by atoms with Crippen LogP contribution in [0.2, 0.25) is 0 Å². The zero-order valence-electron chi connectivity index (χ0n) is 14.2. The quantitative estimate of drug-likeness (QED) is 0.548. The Kier molecular flexibility index (Phi) is 4.23. The number of rotatable bonds is 4. The van der Waals surface area contributed by atoms with Crippen LogP contribution in [0.5, 0.6) is 5.75 Å².